The van der Waals surface area contributed by atoms with Crippen molar-refractivity contribution in [3.05, 3.63) is 60.4 Å². The van der Waals surface area contributed by atoms with Crippen molar-refractivity contribution in [2.45, 2.75) is 18.9 Å². The van der Waals surface area contributed by atoms with Gasteiger partial charge in [0.25, 0.3) is 0 Å². The molecule has 1 aliphatic rings. The molecular formula is C21H25N5O. The van der Waals surface area contributed by atoms with Crippen molar-refractivity contribution >= 4 is 16.9 Å². The molecule has 6 heteroatoms. The van der Waals surface area contributed by atoms with Crippen molar-refractivity contribution in [3.63, 3.8) is 0 Å². The molecular weight excluding hydrogens is 338 g/mol. The van der Waals surface area contributed by atoms with E-state index < -0.39 is 0 Å². The molecule has 2 N–H and O–H groups in total. The minimum Gasteiger partial charge on any atom is -0.472 e. The molecule has 2 aromatic heterocycles. The van der Waals surface area contributed by atoms with Crippen LogP contribution in [0.3, 0.4) is 0 Å². The van der Waals surface area contributed by atoms with E-state index in [1.54, 1.807) is 6.20 Å². The SMILES string of the molecule is CN=C(NCCc1cc2ccccc2[nH]1)N1CCC(Oc2ccccn2)C1. The number of para-hydroxylation sites is 1. The maximum Gasteiger partial charge on any atom is 0.213 e. The Bertz CT molecular complexity index is 872. The molecule has 3 aromatic rings. The van der Waals surface area contributed by atoms with Gasteiger partial charge in [0.15, 0.2) is 5.96 Å². The Balaban J connectivity index is 1.28. The van der Waals surface area contributed by atoms with Crippen LogP contribution in [-0.4, -0.2) is 53.6 Å². The molecule has 27 heavy (non-hydrogen) atoms. The van der Waals surface area contributed by atoms with E-state index in [0.29, 0.717) is 5.88 Å². The van der Waals surface area contributed by atoms with Crippen molar-refractivity contribution < 1.29 is 4.74 Å². The second-order valence-electron chi connectivity index (χ2n) is 6.75. The number of aliphatic imine (C=N–C) groups is 1. The summed E-state index contributed by atoms with van der Waals surface area (Å²) in [6.45, 7) is 2.59. The molecule has 1 aromatic carbocycles. The molecule has 0 radical (unpaired) electrons. The zero-order valence-electron chi connectivity index (χ0n) is 15.6. The molecule has 0 saturated carbocycles. The summed E-state index contributed by atoms with van der Waals surface area (Å²) in [6.07, 6.45) is 3.80. The fourth-order valence-electron chi connectivity index (χ4n) is 3.51. The normalized spacial score (nSPS) is 17.4. The van der Waals surface area contributed by atoms with Gasteiger partial charge in [-0.15, -0.1) is 0 Å². The van der Waals surface area contributed by atoms with E-state index in [1.807, 2.05) is 25.2 Å². The summed E-state index contributed by atoms with van der Waals surface area (Å²) < 4.78 is 5.97. The van der Waals surface area contributed by atoms with E-state index in [-0.39, 0.29) is 6.10 Å². The lowest BCUT2D eigenvalue weighted by Gasteiger charge is -2.21. The molecule has 1 aliphatic heterocycles. The zero-order chi connectivity index (χ0) is 18.5. The minimum absolute atomic E-state index is 0.146. The number of aromatic amines is 1. The summed E-state index contributed by atoms with van der Waals surface area (Å²) in [5.41, 5.74) is 2.42. The summed E-state index contributed by atoms with van der Waals surface area (Å²) in [6, 6.07) is 16.3. The number of guanidine groups is 1. The van der Waals surface area contributed by atoms with Crippen LogP contribution in [0.15, 0.2) is 59.7 Å². The first-order valence-corrected chi connectivity index (χ1v) is 9.42. The number of benzene rings is 1. The number of nitrogens with one attached hydrogen (secondary N) is 2. The maximum absolute atomic E-state index is 5.97. The summed E-state index contributed by atoms with van der Waals surface area (Å²) in [5, 5.41) is 4.73. The zero-order valence-corrected chi connectivity index (χ0v) is 15.6. The number of rotatable bonds is 5. The molecule has 3 heterocycles. The van der Waals surface area contributed by atoms with Gasteiger partial charge in [-0.25, -0.2) is 4.98 Å². The van der Waals surface area contributed by atoms with E-state index >= 15 is 0 Å². The van der Waals surface area contributed by atoms with Crippen molar-refractivity contribution in [3.8, 4) is 5.88 Å². The molecule has 0 spiro atoms. The molecule has 6 nitrogen and oxygen atoms in total. The van der Waals surface area contributed by atoms with Crippen LogP contribution in [0.5, 0.6) is 5.88 Å². The highest BCUT2D eigenvalue weighted by atomic mass is 16.5. The largest absolute Gasteiger partial charge is 0.472 e. The fourth-order valence-corrected chi connectivity index (χ4v) is 3.51. The van der Waals surface area contributed by atoms with E-state index in [4.69, 9.17) is 4.74 Å². The summed E-state index contributed by atoms with van der Waals surface area (Å²) in [5.74, 6) is 1.62. The second kappa shape index (κ2) is 8.12. The number of hydrogen-bond acceptors (Lipinski definition) is 3. The van der Waals surface area contributed by atoms with Crippen molar-refractivity contribution in [2.24, 2.45) is 4.99 Å². The smallest absolute Gasteiger partial charge is 0.213 e. The van der Waals surface area contributed by atoms with E-state index in [1.165, 1.54) is 16.6 Å². The molecule has 4 rings (SSSR count). The Labute approximate surface area is 159 Å². The van der Waals surface area contributed by atoms with E-state index in [2.05, 4.69) is 55.5 Å². The summed E-state index contributed by atoms with van der Waals surface area (Å²) in [4.78, 5) is 14.4. The van der Waals surface area contributed by atoms with Crippen LogP contribution in [-0.2, 0) is 6.42 Å². The van der Waals surface area contributed by atoms with Crippen molar-refractivity contribution in [1.29, 1.82) is 0 Å². The highest BCUT2D eigenvalue weighted by Gasteiger charge is 2.26. The third-order valence-corrected chi connectivity index (χ3v) is 4.84. The lowest BCUT2D eigenvalue weighted by atomic mass is 10.2. The van der Waals surface area contributed by atoms with Gasteiger partial charge in [-0.1, -0.05) is 24.3 Å². The number of nitrogens with zero attached hydrogens (tertiary/aromatic N) is 3. The number of ether oxygens (including phenoxy) is 1. The van der Waals surface area contributed by atoms with Crippen LogP contribution >= 0.6 is 0 Å². The molecule has 0 aliphatic carbocycles. The van der Waals surface area contributed by atoms with Gasteiger partial charge in [0.1, 0.15) is 6.10 Å². The lowest BCUT2D eigenvalue weighted by molar-refractivity contribution is 0.205. The van der Waals surface area contributed by atoms with Crippen LogP contribution in [0.25, 0.3) is 10.9 Å². The molecule has 0 bridgehead atoms. The molecule has 1 atom stereocenters. The molecule has 1 saturated heterocycles. The number of pyridine rings is 1. The molecule has 140 valence electrons. The summed E-state index contributed by atoms with van der Waals surface area (Å²) in [7, 11) is 1.83. The first-order valence-electron chi connectivity index (χ1n) is 9.42. The predicted octanol–water partition coefficient (Wildman–Crippen LogP) is 2.83. The predicted molar refractivity (Wildman–Crippen MR) is 108 cm³/mol. The van der Waals surface area contributed by atoms with Gasteiger partial charge in [-0.3, -0.25) is 4.99 Å². The monoisotopic (exact) mass is 363 g/mol. The van der Waals surface area contributed by atoms with Crippen molar-refractivity contribution in [2.75, 3.05) is 26.7 Å². The minimum atomic E-state index is 0.146. The Morgan fingerprint density at radius 3 is 3.00 bits per heavy atom. The average molecular weight is 363 g/mol. The average Bonchev–Trinajstić information content (AvgIpc) is 3.32. The van der Waals surface area contributed by atoms with Gasteiger partial charge < -0.3 is 19.9 Å². The first kappa shape index (κ1) is 17.4. The number of likely N-dealkylation sites (tertiary alicyclic amines) is 1. The Hall–Kier alpha value is -3.02. The van der Waals surface area contributed by atoms with E-state index in [9.17, 15) is 0 Å². The summed E-state index contributed by atoms with van der Waals surface area (Å²) >= 11 is 0. The first-order chi connectivity index (χ1) is 13.3. The highest BCUT2D eigenvalue weighted by Crippen LogP contribution is 2.17. The Morgan fingerprint density at radius 1 is 1.30 bits per heavy atom. The van der Waals surface area contributed by atoms with Gasteiger partial charge in [0.05, 0.1) is 6.54 Å². The van der Waals surface area contributed by atoms with Crippen LogP contribution in [0, 0.1) is 0 Å². The lowest BCUT2D eigenvalue weighted by Crippen LogP contribution is -2.41. The number of hydrogen-bond donors (Lipinski definition) is 2. The van der Waals surface area contributed by atoms with Gasteiger partial charge in [0.2, 0.25) is 5.88 Å². The fraction of sp³-hybridized carbons (Fsp3) is 0.333. The van der Waals surface area contributed by atoms with Crippen LogP contribution in [0.4, 0.5) is 0 Å². The van der Waals surface area contributed by atoms with Gasteiger partial charge in [-0.2, -0.15) is 0 Å². The number of H-pyrrole nitrogens is 1. The third kappa shape index (κ3) is 4.22. The molecule has 1 fully saturated rings. The number of aromatic nitrogens is 2. The van der Waals surface area contributed by atoms with Crippen LogP contribution < -0.4 is 10.1 Å². The Morgan fingerprint density at radius 2 is 2.19 bits per heavy atom. The van der Waals surface area contributed by atoms with Gasteiger partial charge in [0, 0.05) is 56.5 Å². The third-order valence-electron chi connectivity index (χ3n) is 4.84. The highest BCUT2D eigenvalue weighted by molar-refractivity contribution is 5.81. The number of fused-ring (bicyclic) bond motifs is 1. The van der Waals surface area contributed by atoms with E-state index in [0.717, 1.165) is 38.4 Å². The maximum atomic E-state index is 5.97. The molecule has 1 unspecified atom stereocenters. The van der Waals surface area contributed by atoms with Crippen molar-refractivity contribution in [1.82, 2.24) is 20.2 Å². The Kier molecular flexibility index (Phi) is 5.23. The second-order valence-corrected chi connectivity index (χ2v) is 6.75. The van der Waals surface area contributed by atoms with Crippen LogP contribution in [0.2, 0.25) is 0 Å². The quantitative estimate of drug-likeness (QED) is 0.540. The van der Waals surface area contributed by atoms with Gasteiger partial charge >= 0.3 is 0 Å². The standard InChI is InChI=1S/C21H25N5O/c1-22-21(24-12-9-17-14-16-6-2-3-7-19(16)25-17)26-13-10-18(15-26)27-20-8-4-5-11-23-20/h2-8,11,14,18,25H,9-10,12-13,15H2,1H3,(H,22,24). The topological polar surface area (TPSA) is 65.5 Å². The molecule has 0 amide bonds. The van der Waals surface area contributed by atoms with Gasteiger partial charge in [-0.05, 0) is 23.6 Å². The van der Waals surface area contributed by atoms with Crippen LogP contribution in [0.1, 0.15) is 12.1 Å².